The number of nitrogens with one attached hydrogen (secondary N) is 2. The molecular formula is C15H18F3N4Se+. The summed E-state index contributed by atoms with van der Waals surface area (Å²) in [6.07, 6.45) is 7.37. The Hall–Kier alpha value is -1.11. The maximum atomic E-state index is 12.9. The Balaban J connectivity index is 1.65. The van der Waals surface area contributed by atoms with Crippen LogP contribution in [0.15, 0.2) is 29.0 Å². The first-order valence-corrected chi connectivity index (χ1v) is 9.43. The number of rotatable bonds is 2. The molecule has 1 aliphatic carbocycles. The van der Waals surface area contributed by atoms with Gasteiger partial charge in [0.2, 0.25) is 0 Å². The van der Waals surface area contributed by atoms with E-state index in [9.17, 15) is 13.2 Å². The summed E-state index contributed by atoms with van der Waals surface area (Å²) < 4.78 is 40.7. The van der Waals surface area contributed by atoms with Crippen molar-refractivity contribution in [1.82, 2.24) is 10.6 Å². The molecule has 3 atom stereocenters. The number of hydrogen-bond acceptors (Lipinski definition) is 2. The molecule has 4 aliphatic rings. The average molecular weight is 390 g/mol. The van der Waals surface area contributed by atoms with Crippen LogP contribution in [0, 0.1) is 5.92 Å². The van der Waals surface area contributed by atoms with Crippen molar-refractivity contribution in [3.05, 3.63) is 24.0 Å². The van der Waals surface area contributed by atoms with Gasteiger partial charge in [0.05, 0.1) is 0 Å². The minimum absolute atomic E-state index is 0.00407. The molecule has 2 N–H and O–H groups in total. The summed E-state index contributed by atoms with van der Waals surface area (Å²) in [5, 5.41) is 2.40. The van der Waals surface area contributed by atoms with E-state index in [1.165, 1.54) is 0 Å². The van der Waals surface area contributed by atoms with Gasteiger partial charge in [-0.15, -0.1) is 0 Å². The van der Waals surface area contributed by atoms with Gasteiger partial charge in [0.1, 0.15) is 0 Å². The van der Waals surface area contributed by atoms with Crippen LogP contribution in [0.1, 0.15) is 19.8 Å². The number of alkyl halides is 3. The molecule has 23 heavy (non-hydrogen) atoms. The van der Waals surface area contributed by atoms with Crippen molar-refractivity contribution in [3.63, 3.8) is 0 Å². The van der Waals surface area contributed by atoms with Crippen LogP contribution in [0.3, 0.4) is 0 Å². The average Bonchev–Trinajstić information content (AvgIpc) is 3.11. The Morgan fingerprint density at radius 1 is 1.43 bits per heavy atom. The van der Waals surface area contributed by atoms with Crippen molar-refractivity contribution < 1.29 is 17.7 Å². The van der Waals surface area contributed by atoms with Gasteiger partial charge in [-0.1, -0.05) is 0 Å². The number of aliphatic imine (C=N–C) groups is 1. The van der Waals surface area contributed by atoms with E-state index in [1.807, 2.05) is 6.08 Å². The normalized spacial score (nSPS) is 37.4. The molecule has 0 radical (unpaired) electrons. The molecule has 4 rings (SSSR count). The Bertz CT molecular complexity index is 664. The van der Waals surface area contributed by atoms with E-state index in [0.717, 1.165) is 31.8 Å². The zero-order valence-electron chi connectivity index (χ0n) is 12.7. The van der Waals surface area contributed by atoms with Crippen molar-refractivity contribution in [2.24, 2.45) is 10.9 Å². The summed E-state index contributed by atoms with van der Waals surface area (Å²) in [6, 6.07) is -0.218. The van der Waals surface area contributed by atoms with E-state index in [4.69, 9.17) is 4.99 Å². The van der Waals surface area contributed by atoms with E-state index in [-0.39, 0.29) is 11.6 Å². The second kappa shape index (κ2) is 5.19. The number of amidine groups is 1. The number of nitrogens with zero attached hydrogens (tertiary/aromatic N) is 2. The summed E-state index contributed by atoms with van der Waals surface area (Å²) in [6.45, 7) is 3.71. The van der Waals surface area contributed by atoms with Crippen molar-refractivity contribution in [2.45, 2.75) is 36.4 Å². The monoisotopic (exact) mass is 391 g/mol. The molecule has 4 nitrogen and oxygen atoms in total. The molecule has 0 amide bonds. The second-order valence-electron chi connectivity index (χ2n) is 6.47. The van der Waals surface area contributed by atoms with Crippen LogP contribution in [-0.2, 0) is 0 Å². The van der Waals surface area contributed by atoms with Gasteiger partial charge in [0.25, 0.3) is 0 Å². The molecule has 3 heterocycles. The van der Waals surface area contributed by atoms with Crippen molar-refractivity contribution in [3.8, 4) is 0 Å². The quantitative estimate of drug-likeness (QED) is 0.549. The molecule has 0 aromatic heterocycles. The van der Waals surface area contributed by atoms with Crippen LogP contribution < -0.4 is 10.6 Å². The Labute approximate surface area is 138 Å². The molecule has 0 aromatic rings. The molecule has 0 bridgehead atoms. The van der Waals surface area contributed by atoms with Crippen LogP contribution in [0.2, 0.25) is 0 Å². The van der Waals surface area contributed by atoms with Crippen LogP contribution in [-0.4, -0.2) is 59.7 Å². The van der Waals surface area contributed by atoms with Crippen LogP contribution in [0.25, 0.3) is 0 Å². The molecule has 0 aromatic carbocycles. The molecular weight excluding hydrogens is 372 g/mol. The summed E-state index contributed by atoms with van der Waals surface area (Å²) in [5.41, 5.74) is 0.716. The van der Waals surface area contributed by atoms with Crippen molar-refractivity contribution in [1.29, 1.82) is 0 Å². The van der Waals surface area contributed by atoms with Gasteiger partial charge < -0.3 is 0 Å². The first-order valence-electron chi connectivity index (χ1n) is 7.71. The molecule has 2 fully saturated rings. The fraction of sp³-hybridized carbons (Fsp3) is 0.600. The Morgan fingerprint density at radius 2 is 2.26 bits per heavy atom. The predicted octanol–water partition coefficient (Wildman–Crippen LogP) is 1.17. The maximum absolute atomic E-state index is 12.9. The molecule has 3 aliphatic heterocycles. The van der Waals surface area contributed by atoms with Gasteiger partial charge in [0.15, 0.2) is 0 Å². The van der Waals surface area contributed by atoms with Gasteiger partial charge in [-0.05, 0) is 0 Å². The van der Waals surface area contributed by atoms with E-state index < -0.39 is 20.0 Å². The third-order valence-corrected chi connectivity index (χ3v) is 6.92. The molecule has 1 saturated carbocycles. The van der Waals surface area contributed by atoms with Gasteiger partial charge in [0, 0.05) is 0 Å². The van der Waals surface area contributed by atoms with E-state index in [1.54, 1.807) is 23.9 Å². The fourth-order valence-electron chi connectivity index (χ4n) is 3.67. The first-order chi connectivity index (χ1) is 10.9. The summed E-state index contributed by atoms with van der Waals surface area (Å²) in [5.74, 6) is 1.35. The number of hydrogen-bond donors (Lipinski definition) is 2. The number of piperidine rings is 1. The number of allylic oxidation sites excluding steroid dienone is 1. The van der Waals surface area contributed by atoms with Crippen molar-refractivity contribution >= 4 is 25.4 Å². The zero-order chi connectivity index (χ0) is 16.2. The molecule has 3 unspecified atom stereocenters. The van der Waals surface area contributed by atoms with E-state index >= 15 is 0 Å². The third-order valence-electron chi connectivity index (χ3n) is 4.91. The number of halogens is 3. The van der Waals surface area contributed by atoms with E-state index in [2.05, 4.69) is 10.6 Å². The second-order valence-corrected chi connectivity index (χ2v) is 8.68. The van der Waals surface area contributed by atoms with Gasteiger partial charge in [-0.3, -0.25) is 0 Å². The van der Waals surface area contributed by atoms with Gasteiger partial charge in [-0.2, -0.15) is 0 Å². The van der Waals surface area contributed by atoms with Crippen LogP contribution in [0.4, 0.5) is 13.2 Å². The molecule has 124 valence electrons. The standard InChI is InChI=1S/C15H18F3N4Se/c1-9-6-11-12(21-14-2-3-19-8-10(14)7-14)20-4-5-22(11)13(9)23-15(16,17)18/h4-6,10-11,19H,2-3,7-8H2,1H3,(H,20,21)/q+1. The van der Waals surface area contributed by atoms with Crippen LogP contribution >= 0.6 is 0 Å². The Morgan fingerprint density at radius 3 is 3.00 bits per heavy atom. The molecule has 8 heteroatoms. The third kappa shape index (κ3) is 2.77. The Kier molecular flexibility index (Phi) is 3.48. The van der Waals surface area contributed by atoms with E-state index in [0.29, 0.717) is 16.1 Å². The zero-order valence-corrected chi connectivity index (χ0v) is 14.4. The topological polar surface area (TPSA) is 39.4 Å². The number of fused-ring (bicyclic) bond motifs is 2. The van der Waals surface area contributed by atoms with Gasteiger partial charge >= 0.3 is 138 Å². The SMILES string of the molecule is CC1=CC2C(=NC34CCNCC3C4)NC=C[N+]2=C1[Se]C(F)(F)F. The molecule has 0 spiro atoms. The minimum atomic E-state index is -4.14. The molecule has 1 saturated heterocycles. The fourth-order valence-corrected chi connectivity index (χ4v) is 5.20. The van der Waals surface area contributed by atoms with Crippen molar-refractivity contribution in [2.75, 3.05) is 13.1 Å². The summed E-state index contributed by atoms with van der Waals surface area (Å²) in [4.78, 5) is 4.95. The summed E-state index contributed by atoms with van der Waals surface area (Å²) in [7, 11) is 0. The first kappa shape index (κ1) is 15.4. The van der Waals surface area contributed by atoms with Crippen LogP contribution in [0.5, 0.6) is 0 Å². The summed E-state index contributed by atoms with van der Waals surface area (Å²) >= 11 is -1.54. The van der Waals surface area contributed by atoms with Gasteiger partial charge in [-0.25, -0.2) is 0 Å². The predicted molar refractivity (Wildman–Crippen MR) is 82.7 cm³/mol.